The number of hydrogen-bond acceptors (Lipinski definition) is 4. The van der Waals surface area contributed by atoms with Gasteiger partial charge in [-0.15, -0.1) is 0 Å². The molecular formula is C21H25N3O3. The fraction of sp³-hybridized carbons (Fsp3) is 0.333. The highest BCUT2D eigenvalue weighted by Crippen LogP contribution is 2.22. The zero-order valence-corrected chi connectivity index (χ0v) is 15.9. The molecule has 2 aromatic carbocycles. The Morgan fingerprint density at radius 1 is 1.11 bits per heavy atom. The Hall–Kier alpha value is -3.02. The number of anilines is 2. The summed E-state index contributed by atoms with van der Waals surface area (Å²) in [7, 11) is 1.34. The predicted molar refractivity (Wildman–Crippen MR) is 106 cm³/mol. The quantitative estimate of drug-likeness (QED) is 0.843. The number of hydrogen-bond donors (Lipinski definition) is 1. The molecule has 0 radical (unpaired) electrons. The van der Waals surface area contributed by atoms with Crippen molar-refractivity contribution < 1.29 is 14.3 Å². The molecule has 1 aliphatic rings. The molecule has 0 saturated carbocycles. The van der Waals surface area contributed by atoms with Crippen molar-refractivity contribution in [3.05, 3.63) is 59.7 Å². The van der Waals surface area contributed by atoms with Gasteiger partial charge in [-0.2, -0.15) is 0 Å². The van der Waals surface area contributed by atoms with Gasteiger partial charge in [0.2, 0.25) is 0 Å². The number of piperazine rings is 1. The molecule has 3 rings (SSSR count). The van der Waals surface area contributed by atoms with Crippen LogP contribution in [0.5, 0.6) is 0 Å². The minimum atomic E-state index is -0.425. The molecule has 0 aromatic heterocycles. The maximum absolute atomic E-state index is 12.6. The summed E-state index contributed by atoms with van der Waals surface area (Å²) in [5, 5.41) is 2.87. The van der Waals surface area contributed by atoms with E-state index in [1.807, 2.05) is 0 Å². The van der Waals surface area contributed by atoms with Gasteiger partial charge in [-0.05, 0) is 44.2 Å². The largest absolute Gasteiger partial charge is 0.465 e. The van der Waals surface area contributed by atoms with E-state index in [1.165, 1.54) is 18.4 Å². The van der Waals surface area contributed by atoms with Crippen LogP contribution in [0, 0.1) is 6.92 Å². The topological polar surface area (TPSA) is 61.9 Å². The van der Waals surface area contributed by atoms with E-state index in [0.29, 0.717) is 24.3 Å². The zero-order chi connectivity index (χ0) is 19.4. The van der Waals surface area contributed by atoms with E-state index in [-0.39, 0.29) is 12.1 Å². The van der Waals surface area contributed by atoms with Crippen LogP contribution in [0.2, 0.25) is 0 Å². The number of carbonyl (C=O) groups excluding carboxylic acids is 2. The molecule has 1 unspecified atom stereocenters. The Bertz CT molecular complexity index is 820. The Balaban J connectivity index is 1.62. The van der Waals surface area contributed by atoms with Crippen LogP contribution in [0.15, 0.2) is 48.5 Å². The molecule has 27 heavy (non-hydrogen) atoms. The summed E-state index contributed by atoms with van der Waals surface area (Å²) in [4.78, 5) is 28.4. The minimum Gasteiger partial charge on any atom is -0.465 e. The summed E-state index contributed by atoms with van der Waals surface area (Å²) in [5.74, 6) is -0.425. The molecule has 2 amide bonds. The number of ether oxygens (including phenoxy) is 1. The predicted octanol–water partition coefficient (Wildman–Crippen LogP) is 3.52. The Morgan fingerprint density at radius 2 is 1.85 bits per heavy atom. The van der Waals surface area contributed by atoms with Crippen LogP contribution >= 0.6 is 0 Å². The highest BCUT2D eigenvalue weighted by molar-refractivity contribution is 5.94. The number of nitrogens with zero attached hydrogens (tertiary/aromatic N) is 2. The lowest BCUT2D eigenvalue weighted by Gasteiger charge is -2.41. The molecule has 0 aliphatic carbocycles. The van der Waals surface area contributed by atoms with Crippen LogP contribution in [-0.4, -0.2) is 49.7 Å². The number of esters is 1. The van der Waals surface area contributed by atoms with Gasteiger partial charge in [-0.3, -0.25) is 0 Å². The van der Waals surface area contributed by atoms with Gasteiger partial charge in [0.15, 0.2) is 0 Å². The highest BCUT2D eigenvalue weighted by atomic mass is 16.5. The molecule has 2 aromatic rings. The van der Waals surface area contributed by atoms with Crippen molar-refractivity contribution in [3.8, 4) is 0 Å². The third kappa shape index (κ3) is 4.39. The van der Waals surface area contributed by atoms with Gasteiger partial charge in [0, 0.05) is 37.1 Å². The molecule has 1 atom stereocenters. The smallest absolute Gasteiger partial charge is 0.337 e. The van der Waals surface area contributed by atoms with Crippen LogP contribution in [0.4, 0.5) is 16.2 Å². The Labute approximate surface area is 159 Å². The second kappa shape index (κ2) is 8.12. The van der Waals surface area contributed by atoms with E-state index < -0.39 is 5.97 Å². The number of rotatable bonds is 3. The first-order valence-electron chi connectivity index (χ1n) is 9.05. The molecule has 6 heteroatoms. The van der Waals surface area contributed by atoms with Crippen molar-refractivity contribution in [2.45, 2.75) is 19.9 Å². The van der Waals surface area contributed by atoms with E-state index in [0.717, 1.165) is 6.54 Å². The maximum Gasteiger partial charge on any atom is 0.337 e. The van der Waals surface area contributed by atoms with Gasteiger partial charge in [-0.25, -0.2) is 9.59 Å². The van der Waals surface area contributed by atoms with Crippen LogP contribution in [0.25, 0.3) is 0 Å². The molecule has 0 spiro atoms. The number of carbonyl (C=O) groups is 2. The SMILES string of the molecule is COC(=O)c1cccc(NC(=O)N2CCN(c3ccc(C)cc3)C(C)C2)c1. The van der Waals surface area contributed by atoms with Crippen molar-refractivity contribution in [3.63, 3.8) is 0 Å². The second-order valence-electron chi connectivity index (χ2n) is 6.83. The van der Waals surface area contributed by atoms with Crippen molar-refractivity contribution >= 4 is 23.4 Å². The fourth-order valence-corrected chi connectivity index (χ4v) is 3.31. The fourth-order valence-electron chi connectivity index (χ4n) is 3.31. The number of aryl methyl sites for hydroxylation is 1. The number of amides is 2. The van der Waals surface area contributed by atoms with Crippen molar-refractivity contribution in [1.82, 2.24) is 4.90 Å². The van der Waals surface area contributed by atoms with E-state index in [2.05, 4.69) is 48.3 Å². The molecule has 6 nitrogen and oxygen atoms in total. The van der Waals surface area contributed by atoms with Gasteiger partial charge < -0.3 is 19.9 Å². The number of urea groups is 1. The summed E-state index contributed by atoms with van der Waals surface area (Å²) >= 11 is 0. The zero-order valence-electron chi connectivity index (χ0n) is 15.9. The standard InChI is InChI=1S/C21H25N3O3/c1-15-7-9-19(10-8-15)24-12-11-23(14-16(24)2)21(26)22-18-6-4-5-17(13-18)20(25)27-3/h4-10,13,16H,11-12,14H2,1-3H3,(H,22,26). The average Bonchev–Trinajstić information content (AvgIpc) is 2.68. The van der Waals surface area contributed by atoms with Gasteiger partial charge in [0.05, 0.1) is 12.7 Å². The molecule has 1 aliphatic heterocycles. The number of benzene rings is 2. The van der Waals surface area contributed by atoms with Gasteiger partial charge >= 0.3 is 12.0 Å². The van der Waals surface area contributed by atoms with E-state index in [1.54, 1.807) is 29.2 Å². The average molecular weight is 367 g/mol. The first-order chi connectivity index (χ1) is 13.0. The van der Waals surface area contributed by atoms with E-state index in [4.69, 9.17) is 4.74 Å². The summed E-state index contributed by atoms with van der Waals surface area (Å²) in [5.41, 5.74) is 3.40. The summed E-state index contributed by atoms with van der Waals surface area (Å²) in [6, 6.07) is 15.3. The lowest BCUT2D eigenvalue weighted by Crippen LogP contribution is -2.54. The van der Waals surface area contributed by atoms with Crippen LogP contribution in [-0.2, 0) is 4.74 Å². The lowest BCUT2D eigenvalue weighted by molar-refractivity contribution is 0.0600. The normalized spacial score (nSPS) is 16.8. The van der Waals surface area contributed by atoms with Crippen molar-refractivity contribution in [2.75, 3.05) is 37.0 Å². The number of methoxy groups -OCH3 is 1. The van der Waals surface area contributed by atoms with Crippen LogP contribution in [0.3, 0.4) is 0 Å². The molecule has 1 heterocycles. The monoisotopic (exact) mass is 367 g/mol. The van der Waals surface area contributed by atoms with Gasteiger partial charge in [0.1, 0.15) is 0 Å². The molecule has 0 bridgehead atoms. The minimum absolute atomic E-state index is 0.160. The molecule has 142 valence electrons. The third-order valence-electron chi connectivity index (χ3n) is 4.82. The summed E-state index contributed by atoms with van der Waals surface area (Å²) in [6.45, 7) is 6.25. The molecular weight excluding hydrogens is 342 g/mol. The number of nitrogens with one attached hydrogen (secondary N) is 1. The Morgan fingerprint density at radius 3 is 2.52 bits per heavy atom. The van der Waals surface area contributed by atoms with Crippen LogP contribution < -0.4 is 10.2 Å². The summed E-state index contributed by atoms with van der Waals surface area (Å²) < 4.78 is 4.72. The summed E-state index contributed by atoms with van der Waals surface area (Å²) in [6.07, 6.45) is 0. The van der Waals surface area contributed by atoms with Gasteiger partial charge in [-0.1, -0.05) is 23.8 Å². The molecule has 1 fully saturated rings. The molecule has 1 saturated heterocycles. The Kier molecular flexibility index (Phi) is 5.64. The lowest BCUT2D eigenvalue weighted by atomic mass is 10.1. The van der Waals surface area contributed by atoms with Gasteiger partial charge in [0.25, 0.3) is 0 Å². The second-order valence-corrected chi connectivity index (χ2v) is 6.83. The van der Waals surface area contributed by atoms with E-state index in [9.17, 15) is 9.59 Å². The molecule has 1 N–H and O–H groups in total. The van der Waals surface area contributed by atoms with E-state index >= 15 is 0 Å². The van der Waals surface area contributed by atoms with Crippen molar-refractivity contribution in [1.29, 1.82) is 0 Å². The third-order valence-corrected chi connectivity index (χ3v) is 4.82. The van der Waals surface area contributed by atoms with Crippen LogP contribution in [0.1, 0.15) is 22.8 Å². The maximum atomic E-state index is 12.6. The van der Waals surface area contributed by atoms with Crippen molar-refractivity contribution in [2.24, 2.45) is 0 Å². The first-order valence-corrected chi connectivity index (χ1v) is 9.05. The highest BCUT2D eigenvalue weighted by Gasteiger charge is 2.27. The first kappa shape index (κ1) is 18.8.